The second-order valence-electron chi connectivity index (χ2n) is 17.2. The van der Waals surface area contributed by atoms with Gasteiger partial charge in [-0.05, 0) is 154 Å². The summed E-state index contributed by atoms with van der Waals surface area (Å²) in [6, 6.07) is 63.7. The maximum absolute atomic E-state index is 15.3. The fourth-order valence-electron chi connectivity index (χ4n) is 9.92. The molecule has 0 spiro atoms. The molecule has 0 bridgehead atoms. The van der Waals surface area contributed by atoms with E-state index in [1.54, 1.807) is 54.6 Å². The first kappa shape index (κ1) is 43.9. The normalized spacial score (nSPS) is 11.2. The van der Waals surface area contributed by atoms with Crippen molar-refractivity contribution in [1.82, 2.24) is 9.13 Å². The Hall–Kier alpha value is -10.7. The minimum Gasteiger partial charge on any atom is -0.309 e. The third kappa shape index (κ3) is 7.29. The van der Waals surface area contributed by atoms with E-state index in [4.69, 9.17) is 0 Å². The summed E-state index contributed by atoms with van der Waals surface area (Å²) in [4.78, 5) is 0. The van der Waals surface area contributed by atoms with Crippen molar-refractivity contribution in [1.29, 1.82) is 31.6 Å². The summed E-state index contributed by atoms with van der Waals surface area (Å²) in [6.45, 7) is 0. The highest BCUT2D eigenvalue weighted by Gasteiger charge is 2.35. The van der Waals surface area contributed by atoms with Gasteiger partial charge in [-0.3, -0.25) is 0 Å². The second kappa shape index (κ2) is 17.1. The number of fused-ring (bicyclic) bond motifs is 6. The highest BCUT2D eigenvalue weighted by atomic mass is 19.4. The number of rotatable bonds is 6. The van der Waals surface area contributed by atoms with Gasteiger partial charge in [0.1, 0.15) is 0 Å². The smallest absolute Gasteiger partial charge is 0.309 e. The van der Waals surface area contributed by atoms with Crippen molar-refractivity contribution >= 4 is 43.6 Å². The van der Waals surface area contributed by atoms with Gasteiger partial charge in [-0.2, -0.15) is 44.7 Å². The Morgan fingerprint density at radius 3 is 1.31 bits per heavy atom. The summed E-state index contributed by atoms with van der Waals surface area (Å²) in [7, 11) is 0. The maximum atomic E-state index is 15.3. The molecule has 8 nitrogen and oxygen atoms in total. The molecule has 0 aliphatic heterocycles. The highest BCUT2D eigenvalue weighted by Crippen LogP contribution is 2.46. The zero-order valence-corrected chi connectivity index (χ0v) is 37.5. The molecular formula is C61H29F3N8. The minimum absolute atomic E-state index is 0.155. The summed E-state index contributed by atoms with van der Waals surface area (Å²) in [5.41, 5.74) is 8.49. The monoisotopic (exact) mass is 930 g/mol. The van der Waals surface area contributed by atoms with E-state index in [2.05, 4.69) is 30.3 Å². The van der Waals surface area contributed by atoms with Crippen LogP contribution < -0.4 is 0 Å². The average molecular weight is 931 g/mol. The van der Waals surface area contributed by atoms with E-state index >= 15 is 13.2 Å². The number of hydrogen-bond acceptors (Lipinski definition) is 6. The lowest BCUT2D eigenvalue weighted by molar-refractivity contribution is -0.137. The molecule has 0 amide bonds. The van der Waals surface area contributed by atoms with Gasteiger partial charge in [0.25, 0.3) is 0 Å². The molecule has 334 valence electrons. The Kier molecular flexibility index (Phi) is 10.4. The van der Waals surface area contributed by atoms with Gasteiger partial charge in [-0.25, -0.2) is 0 Å². The number of nitrogens with zero attached hydrogens (tertiary/aromatic N) is 8. The largest absolute Gasteiger partial charge is 0.417 e. The van der Waals surface area contributed by atoms with Crippen LogP contribution >= 0.6 is 0 Å². The van der Waals surface area contributed by atoms with E-state index in [9.17, 15) is 31.6 Å². The van der Waals surface area contributed by atoms with Crippen LogP contribution in [0.3, 0.4) is 0 Å². The number of alkyl halides is 3. The predicted molar refractivity (Wildman–Crippen MR) is 270 cm³/mol. The Bertz CT molecular complexity index is 4350. The number of halogens is 3. The van der Waals surface area contributed by atoms with Crippen molar-refractivity contribution < 1.29 is 13.2 Å². The highest BCUT2D eigenvalue weighted by molar-refractivity contribution is 6.12. The zero-order valence-electron chi connectivity index (χ0n) is 37.5. The van der Waals surface area contributed by atoms with E-state index < -0.39 is 11.7 Å². The lowest BCUT2D eigenvalue weighted by Crippen LogP contribution is -2.08. The van der Waals surface area contributed by atoms with Crippen LogP contribution in [0.2, 0.25) is 0 Å². The molecular weight excluding hydrogens is 902 g/mol. The molecule has 0 aliphatic rings. The van der Waals surface area contributed by atoms with E-state index in [0.717, 1.165) is 60.8 Å². The summed E-state index contributed by atoms with van der Waals surface area (Å²) in [5.74, 6) is 0. The van der Waals surface area contributed by atoms with Gasteiger partial charge in [0.15, 0.2) is 0 Å². The molecule has 11 rings (SSSR count). The van der Waals surface area contributed by atoms with Crippen LogP contribution in [-0.2, 0) is 6.18 Å². The molecule has 0 radical (unpaired) electrons. The molecule has 2 heterocycles. The van der Waals surface area contributed by atoms with E-state index in [1.165, 1.54) is 24.3 Å². The topological polar surface area (TPSA) is 153 Å². The lowest BCUT2D eigenvalue weighted by atomic mass is 9.89. The average Bonchev–Trinajstić information content (AvgIpc) is 3.94. The van der Waals surface area contributed by atoms with Crippen LogP contribution in [-0.4, -0.2) is 9.13 Å². The van der Waals surface area contributed by atoms with Gasteiger partial charge >= 0.3 is 6.18 Å². The number of para-hydroxylation sites is 2. The zero-order chi connectivity index (χ0) is 49.8. The standard InChI is InChI=1S/C61H29F3N8/c62-61(63,64)55-26-37(31-66)9-14-48(55)47-15-13-46(71-56-7-3-1-5-49(56)53-27-42(11-17-58(53)71)44-21-38(32-67)19-39(22-44)33-68)29-51(47)52-25-36(30-65)10-16-59(52)72-57-8-4-2-6-50(57)54-28-43(12-18-60(54)72)45-23-40(34-69)20-41(24-45)35-70/h1-29H. The number of benzene rings is 9. The lowest BCUT2D eigenvalue weighted by Gasteiger charge is -2.21. The van der Waals surface area contributed by atoms with Gasteiger partial charge in [-0.15, -0.1) is 0 Å². The van der Waals surface area contributed by atoms with Gasteiger partial charge in [0, 0.05) is 32.8 Å². The molecule has 72 heavy (non-hydrogen) atoms. The second-order valence-corrected chi connectivity index (χ2v) is 17.2. The third-order valence-corrected chi connectivity index (χ3v) is 13.1. The SMILES string of the molecule is N#Cc1cc(C#N)cc(-c2ccc3c(c2)c2ccccc2n3-c2ccc(-c3ccc(C#N)cc3C(F)(F)F)c(-c3cc(C#N)ccc3-n3c4ccccc4c4cc(-c5cc(C#N)cc(C#N)c5)ccc43)c2)c1. The first-order valence-electron chi connectivity index (χ1n) is 22.3. The van der Waals surface area contributed by atoms with Crippen molar-refractivity contribution in [2.45, 2.75) is 6.18 Å². The molecule has 0 atom stereocenters. The molecule has 0 unspecified atom stereocenters. The predicted octanol–water partition coefficient (Wildman–Crippen LogP) is 14.8. The minimum atomic E-state index is -4.86. The summed E-state index contributed by atoms with van der Waals surface area (Å²) in [5, 5.41) is 62.7. The van der Waals surface area contributed by atoms with Crippen LogP contribution in [0.1, 0.15) is 38.9 Å². The van der Waals surface area contributed by atoms with E-state index in [1.807, 2.05) is 106 Å². The van der Waals surface area contributed by atoms with Crippen LogP contribution in [0, 0.1) is 68.0 Å². The van der Waals surface area contributed by atoms with Crippen LogP contribution in [0.4, 0.5) is 13.2 Å². The molecule has 9 aromatic carbocycles. The van der Waals surface area contributed by atoms with Crippen molar-refractivity contribution in [3.63, 3.8) is 0 Å². The summed E-state index contributed by atoms with van der Waals surface area (Å²) in [6.07, 6.45) is -4.86. The molecule has 0 saturated heterocycles. The van der Waals surface area contributed by atoms with E-state index in [-0.39, 0.29) is 22.3 Å². The first-order chi connectivity index (χ1) is 35.0. The maximum Gasteiger partial charge on any atom is 0.417 e. The fourth-order valence-corrected chi connectivity index (χ4v) is 9.92. The molecule has 0 aliphatic carbocycles. The van der Waals surface area contributed by atoms with Gasteiger partial charge in [0.2, 0.25) is 0 Å². The van der Waals surface area contributed by atoms with Crippen LogP contribution in [0.25, 0.3) is 99.5 Å². The summed E-state index contributed by atoms with van der Waals surface area (Å²) >= 11 is 0. The Labute approximate surface area is 409 Å². The van der Waals surface area contributed by atoms with Crippen molar-refractivity contribution in [2.75, 3.05) is 0 Å². The third-order valence-electron chi connectivity index (χ3n) is 13.1. The number of nitriles is 6. The van der Waals surface area contributed by atoms with Crippen LogP contribution in [0.5, 0.6) is 0 Å². The Morgan fingerprint density at radius 2 is 0.778 bits per heavy atom. The number of aromatic nitrogens is 2. The first-order valence-corrected chi connectivity index (χ1v) is 22.3. The molecule has 11 aromatic rings. The fraction of sp³-hybridized carbons (Fsp3) is 0.0164. The Morgan fingerprint density at radius 1 is 0.319 bits per heavy atom. The Balaban J connectivity index is 1.20. The van der Waals surface area contributed by atoms with Gasteiger partial charge in [-0.1, -0.05) is 60.7 Å². The van der Waals surface area contributed by atoms with Gasteiger partial charge < -0.3 is 9.13 Å². The molecule has 0 fully saturated rings. The summed E-state index contributed by atoms with van der Waals surface area (Å²) < 4.78 is 49.8. The van der Waals surface area contributed by atoms with Crippen molar-refractivity contribution in [2.24, 2.45) is 0 Å². The molecule has 2 aromatic heterocycles. The van der Waals surface area contributed by atoms with Crippen molar-refractivity contribution in [3.05, 3.63) is 215 Å². The molecule has 0 N–H and O–H groups in total. The van der Waals surface area contributed by atoms with E-state index in [0.29, 0.717) is 55.9 Å². The van der Waals surface area contributed by atoms with Crippen molar-refractivity contribution in [3.8, 4) is 92.3 Å². The number of hydrogen-bond donors (Lipinski definition) is 0. The molecule has 11 heteroatoms. The van der Waals surface area contributed by atoms with Crippen LogP contribution in [0.15, 0.2) is 176 Å². The van der Waals surface area contributed by atoms with Gasteiger partial charge in [0.05, 0.1) is 103 Å². The molecule has 0 saturated carbocycles. The quantitative estimate of drug-likeness (QED) is 0.162.